The van der Waals surface area contributed by atoms with Gasteiger partial charge >= 0.3 is 0 Å². The number of carbonyl (C=O) groups excluding carboxylic acids is 2. The van der Waals surface area contributed by atoms with Gasteiger partial charge in [0.15, 0.2) is 0 Å². The summed E-state index contributed by atoms with van der Waals surface area (Å²) in [6.07, 6.45) is 0. The number of halogens is 2. The Hall–Kier alpha value is -8.75. The standard InChI is InChI=1S/C20H24N4.C10H13N3O3.C10H15N3O2.C10H17N3.C6H6N2O2.C4H8ClNO.ClH/c1-15-13-20(18-9-4-5-10-19(18)22-15)23-17-8-6-7-16(14-17)21-11-12-24(2)3;1-12(2)7-10(14)11-8-4-3-5-9(6-8)13(15)16;1-12(2)7-6-11-9-4-3-5-10(8-9)13(14)15;1-13(2)7-6-12-10-5-3-4-9(11)8-10;7-5-2-1-3-6(4-5)8(9)10;1-6(2)3-4(5)7;/h4-10,13-14,21H,11-12H2,1-3H3,(H,22,23);3-6H,7H2,1-2H3,(H,11,14);3-5,8,11H,6-7H2,1-2H3;3-5,8,12H,6-7,11H2,1-2H3;1-4H,7H2;3H2,1-2H3;1H. The molecule has 1 amide bonds. The van der Waals surface area contributed by atoms with E-state index in [4.69, 9.17) is 23.1 Å². The van der Waals surface area contributed by atoms with Crippen molar-refractivity contribution in [1.29, 1.82) is 0 Å². The molecule has 0 bridgehead atoms. The van der Waals surface area contributed by atoms with Crippen molar-refractivity contribution >= 4 is 109 Å². The molecule has 0 fully saturated rings. The Balaban J connectivity index is 0.000000535. The van der Waals surface area contributed by atoms with E-state index in [9.17, 15) is 39.9 Å². The first-order valence-corrected chi connectivity index (χ1v) is 27.1. The molecule has 1 heterocycles. The highest BCUT2D eigenvalue weighted by Gasteiger charge is 2.10. The van der Waals surface area contributed by atoms with Gasteiger partial charge in [-0.25, -0.2) is 0 Å². The highest BCUT2D eigenvalue weighted by atomic mass is 35.5. The van der Waals surface area contributed by atoms with Gasteiger partial charge in [0.2, 0.25) is 11.1 Å². The number of nitrogens with two attached hydrogens (primary N) is 2. The van der Waals surface area contributed by atoms with Gasteiger partial charge in [-0.15, -0.1) is 12.4 Å². The van der Waals surface area contributed by atoms with Gasteiger partial charge < -0.3 is 62.6 Å². The van der Waals surface area contributed by atoms with Crippen LogP contribution in [0.1, 0.15) is 5.69 Å². The van der Waals surface area contributed by atoms with Crippen LogP contribution < -0.4 is 38.1 Å². The SMILES string of the molecule is CN(C)CC(=O)Cl.CN(C)CC(=O)Nc1cccc([N+](=O)[O-])c1.CN(C)CCNc1cccc(N)c1.CN(C)CCNc1cccc([N+](=O)[O-])c1.Cc1cc(Nc2cccc(NCCN(C)C)c2)c2ccccc2n1.Cl.Nc1cccc([N+](=O)[O-])c1. The molecule has 0 spiro atoms. The summed E-state index contributed by atoms with van der Waals surface area (Å²) in [7, 11) is 19.4. The fourth-order valence-electron chi connectivity index (χ4n) is 7.00. The number of fused-ring (bicyclic) bond motifs is 1. The van der Waals surface area contributed by atoms with Crippen LogP contribution in [0.2, 0.25) is 0 Å². The van der Waals surface area contributed by atoms with Crippen LogP contribution in [0.3, 0.4) is 0 Å². The maximum absolute atomic E-state index is 11.4. The number of aryl methyl sites for hydroxylation is 1. The molecule has 9 N–H and O–H groups in total. The molecule has 7 rings (SSSR count). The lowest BCUT2D eigenvalue weighted by Gasteiger charge is -2.14. The van der Waals surface area contributed by atoms with Gasteiger partial charge in [0.1, 0.15) is 0 Å². The smallest absolute Gasteiger partial charge is 0.271 e. The maximum Gasteiger partial charge on any atom is 0.271 e. The molecule has 0 aliphatic heterocycles. The first kappa shape index (κ1) is 75.3. The van der Waals surface area contributed by atoms with Crippen LogP contribution in [-0.4, -0.2) is 178 Å². The number of benzene rings is 6. The number of nitrogens with one attached hydrogen (secondary N) is 5. The summed E-state index contributed by atoms with van der Waals surface area (Å²) in [5.41, 5.74) is 19.9. The number of rotatable bonds is 22. The number of anilines is 8. The third-order valence-corrected chi connectivity index (χ3v) is 11.0. The summed E-state index contributed by atoms with van der Waals surface area (Å²) in [6.45, 7) is 8.14. The summed E-state index contributed by atoms with van der Waals surface area (Å²) >= 11 is 4.99. The fourth-order valence-corrected chi connectivity index (χ4v) is 7.23. The number of carbonyl (C=O) groups is 2. The minimum atomic E-state index is -0.498. The lowest BCUT2D eigenvalue weighted by Crippen LogP contribution is -2.27. The highest BCUT2D eigenvalue weighted by molar-refractivity contribution is 6.64. The van der Waals surface area contributed by atoms with Gasteiger partial charge in [0.25, 0.3) is 17.1 Å². The molecule has 0 aliphatic carbocycles. The summed E-state index contributed by atoms with van der Waals surface area (Å²) in [5.74, 6) is -0.203. The van der Waals surface area contributed by atoms with Crippen molar-refractivity contribution in [3.8, 4) is 0 Å². The van der Waals surface area contributed by atoms with E-state index in [-0.39, 0.29) is 47.2 Å². The van der Waals surface area contributed by atoms with Crippen LogP contribution in [-0.2, 0) is 9.59 Å². The zero-order valence-electron chi connectivity index (χ0n) is 50.8. The normalized spacial score (nSPS) is 10.2. The van der Waals surface area contributed by atoms with Crippen LogP contribution >= 0.6 is 24.0 Å². The predicted octanol–water partition coefficient (Wildman–Crippen LogP) is 10.1. The second-order valence-corrected chi connectivity index (χ2v) is 20.6. The quantitative estimate of drug-likeness (QED) is 0.0144. The molecule has 6 aromatic carbocycles. The summed E-state index contributed by atoms with van der Waals surface area (Å²) < 4.78 is 0. The van der Waals surface area contributed by atoms with E-state index in [1.807, 2.05) is 74.4 Å². The molecule has 0 saturated carbocycles. The zero-order valence-corrected chi connectivity index (χ0v) is 52.4. The molecular formula is C60H84Cl2N16O8. The van der Waals surface area contributed by atoms with Gasteiger partial charge in [-0.1, -0.05) is 48.5 Å². The van der Waals surface area contributed by atoms with Crippen molar-refractivity contribution in [3.05, 3.63) is 188 Å². The lowest BCUT2D eigenvalue weighted by molar-refractivity contribution is -0.385. The molecule has 0 atom stereocenters. The second kappa shape index (κ2) is 41.3. The summed E-state index contributed by atoms with van der Waals surface area (Å²) in [5, 5.41) is 47.9. The first-order chi connectivity index (χ1) is 40.2. The number of para-hydroxylation sites is 1. The van der Waals surface area contributed by atoms with Gasteiger partial charge in [-0.05, 0) is 156 Å². The number of likely N-dealkylation sites (N-methyl/N-ethyl adjacent to an activating group) is 5. The number of pyridine rings is 1. The van der Waals surface area contributed by atoms with Gasteiger partial charge in [0, 0.05) is 132 Å². The van der Waals surface area contributed by atoms with Crippen molar-refractivity contribution in [1.82, 2.24) is 29.5 Å². The Bertz CT molecular complexity index is 3170. The van der Waals surface area contributed by atoms with Crippen LogP contribution in [0.5, 0.6) is 0 Å². The third kappa shape index (κ3) is 34.1. The summed E-state index contributed by atoms with van der Waals surface area (Å²) in [6, 6.07) is 44.7. The minimum absolute atomic E-state index is 0. The minimum Gasteiger partial charge on any atom is -0.399 e. The Morgan fingerprint density at radius 3 is 1.31 bits per heavy atom. The first-order valence-electron chi connectivity index (χ1n) is 26.7. The number of hydrogen-bond acceptors (Lipinski definition) is 20. The topological polar surface area (TPSA) is 305 Å². The van der Waals surface area contributed by atoms with Crippen LogP contribution in [0, 0.1) is 37.3 Å². The monoisotopic (exact) mass is 1230 g/mol. The molecule has 24 nitrogen and oxygen atoms in total. The molecule has 0 radical (unpaired) electrons. The Morgan fingerprint density at radius 1 is 0.488 bits per heavy atom. The Labute approximate surface area is 515 Å². The number of nitrogen functional groups attached to an aromatic ring is 2. The van der Waals surface area contributed by atoms with Crippen molar-refractivity contribution < 1.29 is 24.4 Å². The molecule has 26 heteroatoms. The van der Waals surface area contributed by atoms with E-state index in [1.165, 1.54) is 42.5 Å². The number of non-ortho nitro benzene ring substituents is 3. The largest absolute Gasteiger partial charge is 0.399 e. The lowest BCUT2D eigenvalue weighted by atomic mass is 10.1. The van der Waals surface area contributed by atoms with Gasteiger partial charge in [0.05, 0.1) is 33.4 Å². The average molecular weight is 1230 g/mol. The van der Waals surface area contributed by atoms with E-state index >= 15 is 0 Å². The third-order valence-electron chi connectivity index (χ3n) is 10.9. The maximum atomic E-state index is 11.4. The summed E-state index contributed by atoms with van der Waals surface area (Å²) in [4.78, 5) is 65.5. The number of nitrogens with zero attached hydrogens (tertiary/aromatic N) is 9. The van der Waals surface area contributed by atoms with Crippen LogP contribution in [0.25, 0.3) is 10.9 Å². The van der Waals surface area contributed by atoms with Crippen molar-refractivity contribution in [2.75, 3.05) is 161 Å². The van der Waals surface area contributed by atoms with Crippen molar-refractivity contribution in [3.63, 3.8) is 0 Å². The van der Waals surface area contributed by atoms with Gasteiger partial charge in [-0.3, -0.25) is 44.9 Å². The molecule has 0 unspecified atom stereocenters. The van der Waals surface area contributed by atoms with Crippen LogP contribution in [0.4, 0.5) is 62.6 Å². The number of amides is 1. The molecule has 86 heavy (non-hydrogen) atoms. The number of nitro groups is 3. The average Bonchev–Trinajstić information content (AvgIpc) is 1.95. The van der Waals surface area contributed by atoms with Crippen LogP contribution in [0.15, 0.2) is 152 Å². The second-order valence-electron chi connectivity index (χ2n) is 20.2. The van der Waals surface area contributed by atoms with E-state index in [0.29, 0.717) is 17.9 Å². The Kier molecular flexibility index (Phi) is 36.1. The number of hydrogen-bond donors (Lipinski definition) is 7. The fraction of sp³-hybridized carbons (Fsp3) is 0.317. The molecule has 7 aromatic rings. The van der Waals surface area contributed by atoms with Crippen molar-refractivity contribution in [2.24, 2.45) is 0 Å². The van der Waals surface area contributed by atoms with Gasteiger partial charge in [-0.2, -0.15) is 0 Å². The van der Waals surface area contributed by atoms with E-state index in [0.717, 1.165) is 90.0 Å². The predicted molar refractivity (Wildman–Crippen MR) is 356 cm³/mol. The number of nitro benzene ring substituents is 3. The highest BCUT2D eigenvalue weighted by Crippen LogP contribution is 2.28. The molecule has 1 aromatic heterocycles. The number of aromatic nitrogens is 1. The molecule has 466 valence electrons. The Morgan fingerprint density at radius 2 is 0.884 bits per heavy atom. The molecule has 0 aliphatic rings. The van der Waals surface area contributed by atoms with E-state index in [2.05, 4.69) is 106 Å². The van der Waals surface area contributed by atoms with E-state index in [1.54, 1.807) is 62.3 Å². The molecular weight excluding hydrogens is 1140 g/mol. The zero-order chi connectivity index (χ0) is 63.4. The van der Waals surface area contributed by atoms with Crippen molar-refractivity contribution in [2.45, 2.75) is 6.92 Å². The molecule has 0 saturated heterocycles. The van der Waals surface area contributed by atoms with E-state index < -0.39 is 14.8 Å².